The summed E-state index contributed by atoms with van der Waals surface area (Å²) in [5.41, 5.74) is 7.38. The molecule has 1 amide bonds. The average Bonchev–Trinajstić information content (AvgIpc) is 2.42. The fraction of sp³-hybridized carbons (Fsp3) is 0.143. The maximum Gasteiger partial charge on any atom is 0.256 e. The highest BCUT2D eigenvalue weighted by Gasteiger charge is 2.15. The molecule has 0 aliphatic heterocycles. The molecule has 0 saturated carbocycles. The predicted octanol–water partition coefficient (Wildman–Crippen LogP) is 1.64. The number of nitrogen functional groups attached to an aromatic ring is 1. The highest BCUT2D eigenvalue weighted by atomic mass is 16.3. The molecular weight excluding hydrogens is 242 g/mol. The van der Waals surface area contributed by atoms with Gasteiger partial charge in [-0.15, -0.1) is 0 Å². The van der Waals surface area contributed by atoms with Crippen LogP contribution >= 0.6 is 0 Å². The van der Waals surface area contributed by atoms with Crippen molar-refractivity contribution in [3.05, 3.63) is 53.9 Å². The Morgan fingerprint density at radius 1 is 1.32 bits per heavy atom. The lowest BCUT2D eigenvalue weighted by Gasteiger charge is -2.18. The molecule has 0 bridgehead atoms. The van der Waals surface area contributed by atoms with Crippen LogP contribution in [0.3, 0.4) is 0 Å². The normalized spacial score (nSPS) is 10.2. The lowest BCUT2D eigenvalue weighted by molar-refractivity contribution is 0.0785. The highest BCUT2D eigenvalue weighted by Crippen LogP contribution is 2.20. The van der Waals surface area contributed by atoms with Gasteiger partial charge >= 0.3 is 0 Å². The van der Waals surface area contributed by atoms with Gasteiger partial charge in [0.2, 0.25) is 0 Å². The molecule has 0 aliphatic rings. The van der Waals surface area contributed by atoms with Crippen LogP contribution in [-0.2, 0) is 6.54 Å². The van der Waals surface area contributed by atoms with Gasteiger partial charge in [-0.1, -0.05) is 0 Å². The van der Waals surface area contributed by atoms with Crippen LogP contribution in [0.5, 0.6) is 5.75 Å². The van der Waals surface area contributed by atoms with Gasteiger partial charge in [-0.05, 0) is 35.9 Å². The van der Waals surface area contributed by atoms with Crippen LogP contribution in [0.25, 0.3) is 0 Å². The van der Waals surface area contributed by atoms with Crippen molar-refractivity contribution in [2.24, 2.45) is 0 Å². The summed E-state index contributed by atoms with van der Waals surface area (Å²) < 4.78 is 0. The third-order valence-corrected chi connectivity index (χ3v) is 2.78. The molecule has 0 atom stereocenters. The van der Waals surface area contributed by atoms with Crippen molar-refractivity contribution < 1.29 is 9.90 Å². The summed E-state index contributed by atoms with van der Waals surface area (Å²) in [4.78, 5) is 17.7. The summed E-state index contributed by atoms with van der Waals surface area (Å²) in [6, 6.07) is 8.03. The number of nitrogens with two attached hydrogens (primary N) is 1. The predicted molar refractivity (Wildman–Crippen MR) is 72.6 cm³/mol. The maximum atomic E-state index is 12.2. The molecule has 0 spiro atoms. The first-order valence-electron chi connectivity index (χ1n) is 5.81. The van der Waals surface area contributed by atoms with Gasteiger partial charge in [-0.2, -0.15) is 0 Å². The van der Waals surface area contributed by atoms with Crippen LogP contribution < -0.4 is 5.73 Å². The second-order valence-electron chi connectivity index (χ2n) is 4.29. The number of pyridine rings is 1. The Kier molecular flexibility index (Phi) is 3.66. The molecule has 0 fully saturated rings. The molecule has 1 aromatic carbocycles. The highest BCUT2D eigenvalue weighted by molar-refractivity contribution is 5.99. The van der Waals surface area contributed by atoms with Crippen LogP contribution in [0, 0.1) is 0 Å². The van der Waals surface area contributed by atoms with Crippen LogP contribution in [0.15, 0.2) is 42.7 Å². The average molecular weight is 257 g/mol. The molecule has 3 N–H and O–H groups in total. The first-order valence-corrected chi connectivity index (χ1v) is 5.81. The van der Waals surface area contributed by atoms with Gasteiger partial charge in [-0.3, -0.25) is 9.78 Å². The standard InChI is InChI=1S/C14H15N3O2/c1-17(9-10-4-6-16-7-5-10)14(19)12-8-11(18)2-3-13(12)15/h2-8,18H,9,15H2,1H3. The molecule has 5 nitrogen and oxygen atoms in total. The fourth-order valence-electron chi connectivity index (χ4n) is 1.77. The quantitative estimate of drug-likeness (QED) is 0.647. The van der Waals surface area contributed by atoms with E-state index >= 15 is 0 Å². The van der Waals surface area contributed by atoms with Gasteiger partial charge in [0.1, 0.15) is 5.75 Å². The Morgan fingerprint density at radius 2 is 2.00 bits per heavy atom. The molecule has 1 aromatic heterocycles. The SMILES string of the molecule is CN(Cc1ccncc1)C(=O)c1cc(O)ccc1N. The number of phenolic OH excluding ortho intramolecular Hbond substituents is 1. The topological polar surface area (TPSA) is 79.5 Å². The lowest BCUT2D eigenvalue weighted by Crippen LogP contribution is -2.26. The van der Waals surface area contributed by atoms with Gasteiger partial charge in [0, 0.05) is 31.7 Å². The zero-order valence-corrected chi connectivity index (χ0v) is 10.6. The van der Waals surface area contributed by atoms with E-state index in [4.69, 9.17) is 5.73 Å². The van der Waals surface area contributed by atoms with E-state index in [9.17, 15) is 9.90 Å². The number of rotatable bonds is 3. The number of carbonyl (C=O) groups is 1. The van der Waals surface area contributed by atoms with Gasteiger partial charge in [0.05, 0.1) is 5.56 Å². The van der Waals surface area contributed by atoms with E-state index < -0.39 is 0 Å². The Bertz CT molecular complexity index is 584. The van der Waals surface area contributed by atoms with Gasteiger partial charge in [0.25, 0.3) is 5.91 Å². The molecule has 0 aliphatic carbocycles. The van der Waals surface area contributed by atoms with Gasteiger partial charge < -0.3 is 15.7 Å². The first kappa shape index (κ1) is 12.9. The molecule has 1 heterocycles. The van der Waals surface area contributed by atoms with Crippen molar-refractivity contribution >= 4 is 11.6 Å². The number of aromatic nitrogens is 1. The number of amides is 1. The number of phenols is 1. The van der Waals surface area contributed by atoms with E-state index in [1.165, 1.54) is 18.2 Å². The lowest BCUT2D eigenvalue weighted by atomic mass is 10.1. The molecule has 5 heteroatoms. The Morgan fingerprint density at radius 3 is 2.68 bits per heavy atom. The smallest absolute Gasteiger partial charge is 0.256 e. The number of anilines is 1. The minimum atomic E-state index is -0.231. The second kappa shape index (κ2) is 5.39. The first-order chi connectivity index (χ1) is 9.08. The Hall–Kier alpha value is -2.56. The van der Waals surface area contributed by atoms with E-state index in [1.54, 1.807) is 24.3 Å². The van der Waals surface area contributed by atoms with Crippen LogP contribution in [0.4, 0.5) is 5.69 Å². The minimum Gasteiger partial charge on any atom is -0.508 e. The maximum absolute atomic E-state index is 12.2. The van der Waals surface area contributed by atoms with Crippen molar-refractivity contribution in [2.75, 3.05) is 12.8 Å². The van der Waals surface area contributed by atoms with Gasteiger partial charge in [0.15, 0.2) is 0 Å². The van der Waals surface area contributed by atoms with Crippen LogP contribution in [0.1, 0.15) is 15.9 Å². The monoisotopic (exact) mass is 257 g/mol. The van der Waals surface area contributed by atoms with Gasteiger partial charge in [-0.25, -0.2) is 0 Å². The van der Waals surface area contributed by atoms with Crippen LogP contribution in [0.2, 0.25) is 0 Å². The third kappa shape index (κ3) is 3.01. The number of benzene rings is 1. The minimum absolute atomic E-state index is 0.0230. The van der Waals surface area contributed by atoms with E-state index in [0.717, 1.165) is 5.56 Å². The summed E-state index contributed by atoms with van der Waals surface area (Å²) >= 11 is 0. The molecule has 0 saturated heterocycles. The van der Waals surface area contributed by atoms with Crippen molar-refractivity contribution in [1.29, 1.82) is 0 Å². The third-order valence-electron chi connectivity index (χ3n) is 2.78. The largest absolute Gasteiger partial charge is 0.508 e. The summed E-state index contributed by atoms with van der Waals surface area (Å²) in [5, 5.41) is 9.42. The summed E-state index contributed by atoms with van der Waals surface area (Å²) in [6.45, 7) is 0.455. The molecule has 0 unspecified atom stereocenters. The summed E-state index contributed by atoms with van der Waals surface area (Å²) in [5.74, 6) is -0.208. The number of nitrogens with zero attached hydrogens (tertiary/aromatic N) is 2. The summed E-state index contributed by atoms with van der Waals surface area (Å²) in [7, 11) is 1.69. The van der Waals surface area contributed by atoms with E-state index in [1.807, 2.05) is 12.1 Å². The van der Waals surface area contributed by atoms with E-state index in [0.29, 0.717) is 17.8 Å². The summed E-state index contributed by atoms with van der Waals surface area (Å²) in [6.07, 6.45) is 3.35. The van der Waals surface area contributed by atoms with Crippen molar-refractivity contribution in [3.8, 4) is 5.75 Å². The second-order valence-corrected chi connectivity index (χ2v) is 4.29. The molecule has 2 rings (SSSR count). The molecule has 19 heavy (non-hydrogen) atoms. The number of carbonyl (C=O) groups excluding carboxylic acids is 1. The number of aromatic hydroxyl groups is 1. The molecular formula is C14H15N3O2. The van der Waals surface area contributed by atoms with E-state index in [2.05, 4.69) is 4.98 Å². The zero-order chi connectivity index (χ0) is 13.8. The molecule has 0 radical (unpaired) electrons. The molecule has 2 aromatic rings. The fourth-order valence-corrected chi connectivity index (χ4v) is 1.77. The Labute approximate surface area is 111 Å². The van der Waals surface area contributed by atoms with Crippen molar-refractivity contribution in [1.82, 2.24) is 9.88 Å². The number of hydrogen-bond donors (Lipinski definition) is 2. The number of hydrogen-bond acceptors (Lipinski definition) is 4. The zero-order valence-electron chi connectivity index (χ0n) is 10.6. The van der Waals surface area contributed by atoms with E-state index in [-0.39, 0.29) is 11.7 Å². The Balaban J connectivity index is 2.17. The van der Waals surface area contributed by atoms with Crippen LogP contribution in [-0.4, -0.2) is 27.9 Å². The van der Waals surface area contributed by atoms with Crippen molar-refractivity contribution in [2.45, 2.75) is 6.54 Å². The van der Waals surface area contributed by atoms with Crippen molar-refractivity contribution in [3.63, 3.8) is 0 Å². The molecule has 98 valence electrons.